The molecule has 4 heteroatoms. The molecule has 2 aromatic rings. The number of hydrogen-bond donors (Lipinski definition) is 2. The Balaban J connectivity index is 2.09. The number of aromatic nitrogens is 2. The number of nitrogens with two attached hydrogens (primary N) is 1. The number of aryl methyl sites for hydroxylation is 1. The minimum absolute atomic E-state index is 0.537. The molecule has 0 spiro atoms. The van der Waals surface area contributed by atoms with Gasteiger partial charge >= 0.3 is 0 Å². The maximum Gasteiger partial charge on any atom is 0.135 e. The van der Waals surface area contributed by atoms with Crippen LogP contribution in [0.5, 0.6) is 0 Å². The highest BCUT2D eigenvalue weighted by molar-refractivity contribution is 5.54. The van der Waals surface area contributed by atoms with Crippen LogP contribution in [-0.4, -0.2) is 9.97 Å². The van der Waals surface area contributed by atoms with Crippen LogP contribution >= 0.6 is 0 Å². The maximum atomic E-state index is 5.85. The van der Waals surface area contributed by atoms with Gasteiger partial charge in [0, 0.05) is 12.1 Å². The third-order valence-electron chi connectivity index (χ3n) is 3.40. The molecule has 3 N–H and O–H groups in total. The highest BCUT2D eigenvalue weighted by atomic mass is 15.0. The van der Waals surface area contributed by atoms with Gasteiger partial charge in [0.05, 0.1) is 0 Å². The summed E-state index contributed by atoms with van der Waals surface area (Å²) in [4.78, 5) is 8.54. The molecule has 0 bridgehead atoms. The summed E-state index contributed by atoms with van der Waals surface area (Å²) >= 11 is 0. The summed E-state index contributed by atoms with van der Waals surface area (Å²) in [6.45, 7) is 8.90. The van der Waals surface area contributed by atoms with Crippen molar-refractivity contribution in [2.45, 2.75) is 40.2 Å². The Bertz CT molecular complexity index is 588. The molecule has 1 heterocycles. The first-order valence-corrected chi connectivity index (χ1v) is 6.90. The number of anilines is 2. The normalized spacial score (nSPS) is 10.8. The van der Waals surface area contributed by atoms with Crippen molar-refractivity contribution >= 4 is 11.6 Å². The van der Waals surface area contributed by atoms with Crippen molar-refractivity contribution in [3.63, 3.8) is 0 Å². The molecular formula is C16H22N4. The second-order valence-corrected chi connectivity index (χ2v) is 5.38. The van der Waals surface area contributed by atoms with Gasteiger partial charge in [-0.3, -0.25) is 0 Å². The lowest BCUT2D eigenvalue weighted by atomic mass is 10.0. The standard InChI is InChI=1S/C16H22N4/c1-10(2)14-7-5-13(6-8-14)9-18-16-11(3)15(17)19-12(4)20-16/h5-8,10H,9H2,1-4H3,(H3,17,18,19,20). The molecule has 0 aliphatic carbocycles. The first-order chi connectivity index (χ1) is 9.47. The van der Waals surface area contributed by atoms with Crippen LogP contribution in [0.25, 0.3) is 0 Å². The first kappa shape index (κ1) is 14.3. The van der Waals surface area contributed by atoms with Crippen molar-refractivity contribution in [3.05, 3.63) is 46.8 Å². The number of nitrogens with zero attached hydrogens (tertiary/aromatic N) is 2. The predicted molar refractivity (Wildman–Crippen MR) is 83.8 cm³/mol. The molecule has 2 rings (SSSR count). The van der Waals surface area contributed by atoms with Crippen molar-refractivity contribution < 1.29 is 0 Å². The van der Waals surface area contributed by atoms with Gasteiger partial charge in [-0.05, 0) is 30.9 Å². The molecular weight excluding hydrogens is 248 g/mol. The average Bonchev–Trinajstić information content (AvgIpc) is 2.41. The number of hydrogen-bond acceptors (Lipinski definition) is 4. The van der Waals surface area contributed by atoms with Crippen LogP contribution in [0.15, 0.2) is 24.3 Å². The van der Waals surface area contributed by atoms with E-state index >= 15 is 0 Å². The Kier molecular flexibility index (Phi) is 4.23. The number of rotatable bonds is 4. The zero-order valence-corrected chi connectivity index (χ0v) is 12.6. The van der Waals surface area contributed by atoms with Gasteiger partial charge in [0.1, 0.15) is 17.5 Å². The van der Waals surface area contributed by atoms with E-state index in [4.69, 9.17) is 5.73 Å². The summed E-state index contributed by atoms with van der Waals surface area (Å²) in [6.07, 6.45) is 0. The fraction of sp³-hybridized carbons (Fsp3) is 0.375. The van der Waals surface area contributed by atoms with E-state index in [2.05, 4.69) is 53.4 Å². The molecule has 0 fully saturated rings. The molecule has 106 valence electrons. The second kappa shape index (κ2) is 5.90. The SMILES string of the molecule is Cc1nc(N)c(C)c(NCc2ccc(C(C)C)cc2)n1. The van der Waals surface area contributed by atoms with Gasteiger partial charge in [-0.1, -0.05) is 38.1 Å². The summed E-state index contributed by atoms with van der Waals surface area (Å²) in [6, 6.07) is 8.65. The summed E-state index contributed by atoms with van der Waals surface area (Å²) in [5, 5.41) is 3.33. The van der Waals surface area contributed by atoms with Crippen LogP contribution < -0.4 is 11.1 Å². The van der Waals surface area contributed by atoms with Gasteiger partial charge in [0.25, 0.3) is 0 Å². The Hall–Kier alpha value is -2.10. The van der Waals surface area contributed by atoms with E-state index in [1.54, 1.807) is 0 Å². The highest BCUT2D eigenvalue weighted by Gasteiger charge is 2.06. The average molecular weight is 270 g/mol. The van der Waals surface area contributed by atoms with Gasteiger partial charge in [-0.25, -0.2) is 9.97 Å². The van der Waals surface area contributed by atoms with Gasteiger partial charge < -0.3 is 11.1 Å². The Morgan fingerprint density at radius 1 is 1.10 bits per heavy atom. The highest BCUT2D eigenvalue weighted by Crippen LogP contribution is 2.19. The lowest BCUT2D eigenvalue weighted by Crippen LogP contribution is -2.08. The molecule has 0 aliphatic rings. The molecule has 0 saturated carbocycles. The van der Waals surface area contributed by atoms with Crippen LogP contribution in [0, 0.1) is 13.8 Å². The molecule has 0 radical (unpaired) electrons. The minimum atomic E-state index is 0.537. The van der Waals surface area contributed by atoms with Crippen molar-refractivity contribution in [1.82, 2.24) is 9.97 Å². The number of benzene rings is 1. The molecule has 0 amide bonds. The molecule has 0 aliphatic heterocycles. The molecule has 0 unspecified atom stereocenters. The number of nitrogen functional groups attached to an aromatic ring is 1. The van der Waals surface area contributed by atoms with E-state index in [9.17, 15) is 0 Å². The van der Waals surface area contributed by atoms with Crippen molar-refractivity contribution in [1.29, 1.82) is 0 Å². The maximum absolute atomic E-state index is 5.85. The monoisotopic (exact) mass is 270 g/mol. The number of nitrogens with one attached hydrogen (secondary N) is 1. The summed E-state index contributed by atoms with van der Waals surface area (Å²) in [5.41, 5.74) is 9.33. The zero-order chi connectivity index (χ0) is 14.7. The molecule has 0 saturated heterocycles. The Morgan fingerprint density at radius 3 is 2.35 bits per heavy atom. The van der Waals surface area contributed by atoms with Crippen LogP contribution in [0.2, 0.25) is 0 Å². The van der Waals surface area contributed by atoms with E-state index in [0.717, 1.165) is 17.9 Å². The summed E-state index contributed by atoms with van der Waals surface area (Å²) in [5.74, 6) is 2.59. The first-order valence-electron chi connectivity index (χ1n) is 6.90. The van der Waals surface area contributed by atoms with E-state index in [1.165, 1.54) is 11.1 Å². The Labute approximate surface area is 120 Å². The third-order valence-corrected chi connectivity index (χ3v) is 3.40. The van der Waals surface area contributed by atoms with E-state index in [0.29, 0.717) is 17.6 Å². The Morgan fingerprint density at radius 2 is 1.75 bits per heavy atom. The fourth-order valence-corrected chi connectivity index (χ4v) is 2.03. The van der Waals surface area contributed by atoms with Crippen molar-refractivity contribution in [2.24, 2.45) is 0 Å². The van der Waals surface area contributed by atoms with Crippen LogP contribution in [0.3, 0.4) is 0 Å². The molecule has 0 atom stereocenters. The lowest BCUT2D eigenvalue weighted by molar-refractivity contribution is 0.865. The summed E-state index contributed by atoms with van der Waals surface area (Å²) < 4.78 is 0. The van der Waals surface area contributed by atoms with Crippen molar-refractivity contribution in [2.75, 3.05) is 11.1 Å². The zero-order valence-electron chi connectivity index (χ0n) is 12.6. The van der Waals surface area contributed by atoms with Crippen LogP contribution in [0.1, 0.15) is 42.3 Å². The van der Waals surface area contributed by atoms with Crippen LogP contribution in [-0.2, 0) is 6.54 Å². The third kappa shape index (κ3) is 3.26. The molecule has 1 aromatic carbocycles. The van der Waals surface area contributed by atoms with E-state index < -0.39 is 0 Å². The lowest BCUT2D eigenvalue weighted by Gasteiger charge is -2.11. The molecule has 1 aromatic heterocycles. The second-order valence-electron chi connectivity index (χ2n) is 5.38. The quantitative estimate of drug-likeness (QED) is 0.893. The minimum Gasteiger partial charge on any atom is -0.383 e. The van der Waals surface area contributed by atoms with Gasteiger partial charge in [0.15, 0.2) is 0 Å². The van der Waals surface area contributed by atoms with Crippen LogP contribution in [0.4, 0.5) is 11.6 Å². The van der Waals surface area contributed by atoms with E-state index in [1.807, 2.05) is 13.8 Å². The van der Waals surface area contributed by atoms with Gasteiger partial charge in [-0.15, -0.1) is 0 Å². The topological polar surface area (TPSA) is 63.8 Å². The predicted octanol–water partition coefficient (Wildman–Crippen LogP) is 3.41. The van der Waals surface area contributed by atoms with Crippen molar-refractivity contribution in [3.8, 4) is 0 Å². The fourth-order valence-electron chi connectivity index (χ4n) is 2.03. The van der Waals surface area contributed by atoms with Gasteiger partial charge in [-0.2, -0.15) is 0 Å². The molecule has 4 nitrogen and oxygen atoms in total. The largest absolute Gasteiger partial charge is 0.383 e. The molecule has 20 heavy (non-hydrogen) atoms. The van der Waals surface area contributed by atoms with Gasteiger partial charge in [0.2, 0.25) is 0 Å². The smallest absolute Gasteiger partial charge is 0.135 e. The van der Waals surface area contributed by atoms with E-state index in [-0.39, 0.29) is 0 Å². The summed E-state index contributed by atoms with van der Waals surface area (Å²) in [7, 11) is 0.